The van der Waals surface area contributed by atoms with Gasteiger partial charge in [-0.3, -0.25) is 9.59 Å². The van der Waals surface area contributed by atoms with Crippen LogP contribution < -0.4 is 9.47 Å². The largest absolute Gasteiger partial charge is 0.485 e. The summed E-state index contributed by atoms with van der Waals surface area (Å²) < 4.78 is 11.5. The fourth-order valence-corrected chi connectivity index (χ4v) is 4.22. The number of hydrogen-bond acceptors (Lipinski definition) is 4. The number of fused-ring (bicyclic) bond motifs is 1. The first-order valence-corrected chi connectivity index (χ1v) is 10.8. The minimum atomic E-state index is -0.624. The van der Waals surface area contributed by atoms with Crippen LogP contribution in [-0.4, -0.2) is 42.4 Å². The monoisotopic (exact) mass is 407 g/mol. The van der Waals surface area contributed by atoms with E-state index < -0.39 is 6.10 Å². The van der Waals surface area contributed by atoms with E-state index in [2.05, 4.69) is 26.0 Å². The van der Waals surface area contributed by atoms with E-state index in [0.29, 0.717) is 43.3 Å². The maximum atomic E-state index is 12.9. The van der Waals surface area contributed by atoms with Crippen molar-refractivity contribution in [1.82, 2.24) is 4.90 Å². The number of carbonyl (C=O) groups excluding carboxylic acids is 2. The predicted octanol–water partition coefficient (Wildman–Crippen LogP) is 4.15. The van der Waals surface area contributed by atoms with Crippen LogP contribution in [0.1, 0.15) is 42.6 Å². The Morgan fingerprint density at radius 2 is 1.67 bits per heavy atom. The van der Waals surface area contributed by atoms with Gasteiger partial charge in [-0.2, -0.15) is 0 Å². The quantitative estimate of drug-likeness (QED) is 0.699. The number of likely N-dealkylation sites (tertiary alicyclic amines) is 1. The minimum absolute atomic E-state index is 0.0331. The lowest BCUT2D eigenvalue weighted by molar-refractivity contribution is -0.142. The molecule has 5 heteroatoms. The number of amides is 1. The van der Waals surface area contributed by atoms with Gasteiger partial charge < -0.3 is 14.4 Å². The van der Waals surface area contributed by atoms with E-state index in [1.54, 1.807) is 4.90 Å². The predicted molar refractivity (Wildman–Crippen MR) is 115 cm³/mol. The number of hydrogen-bond donors (Lipinski definition) is 0. The average molecular weight is 408 g/mol. The van der Waals surface area contributed by atoms with E-state index >= 15 is 0 Å². The molecule has 2 aliphatic rings. The molecule has 4 rings (SSSR count). The highest BCUT2D eigenvalue weighted by Crippen LogP contribution is 2.32. The molecule has 1 unspecified atom stereocenters. The van der Waals surface area contributed by atoms with E-state index in [1.165, 1.54) is 5.56 Å². The molecule has 1 saturated heterocycles. The first-order chi connectivity index (χ1) is 14.5. The number of Topliss-reactive ketones (excluding diaryl/α,β-unsaturated/α-hetero) is 1. The van der Waals surface area contributed by atoms with Crippen LogP contribution in [0.25, 0.3) is 0 Å². The smallest absolute Gasteiger partial charge is 0.267 e. The van der Waals surface area contributed by atoms with Gasteiger partial charge in [-0.25, -0.2) is 0 Å². The Morgan fingerprint density at radius 3 is 2.33 bits per heavy atom. The second kappa shape index (κ2) is 8.90. The van der Waals surface area contributed by atoms with Crippen LogP contribution in [-0.2, 0) is 11.2 Å². The Balaban J connectivity index is 1.31. The molecule has 1 atom stereocenters. The second-order valence-electron chi connectivity index (χ2n) is 8.62. The van der Waals surface area contributed by atoms with Gasteiger partial charge in [-0.1, -0.05) is 50.2 Å². The van der Waals surface area contributed by atoms with Crippen molar-refractivity contribution in [2.45, 2.75) is 39.2 Å². The molecule has 0 aliphatic carbocycles. The van der Waals surface area contributed by atoms with E-state index in [-0.39, 0.29) is 24.2 Å². The molecular weight excluding hydrogens is 378 g/mol. The highest BCUT2D eigenvalue weighted by Gasteiger charge is 2.34. The maximum Gasteiger partial charge on any atom is 0.267 e. The molecule has 0 bridgehead atoms. The summed E-state index contributed by atoms with van der Waals surface area (Å²) in [6, 6.07) is 15.4. The van der Waals surface area contributed by atoms with Crippen LogP contribution in [0.2, 0.25) is 0 Å². The molecule has 2 aliphatic heterocycles. The average Bonchev–Trinajstić information content (AvgIpc) is 2.78. The zero-order valence-corrected chi connectivity index (χ0v) is 17.7. The number of rotatable bonds is 5. The first-order valence-electron chi connectivity index (χ1n) is 10.8. The third-order valence-electron chi connectivity index (χ3n) is 5.84. The number of carbonyl (C=O) groups is 2. The molecule has 0 radical (unpaired) electrons. The van der Waals surface area contributed by atoms with E-state index in [0.717, 1.165) is 12.0 Å². The van der Waals surface area contributed by atoms with Crippen LogP contribution in [0, 0.1) is 11.8 Å². The van der Waals surface area contributed by atoms with Gasteiger partial charge in [0.1, 0.15) is 6.61 Å². The van der Waals surface area contributed by atoms with E-state index in [4.69, 9.17) is 9.47 Å². The Labute approximate surface area is 178 Å². The summed E-state index contributed by atoms with van der Waals surface area (Å²) in [5, 5.41) is 0. The summed E-state index contributed by atoms with van der Waals surface area (Å²) in [6.07, 6.45) is 1.76. The molecule has 0 aromatic heterocycles. The molecule has 30 heavy (non-hydrogen) atoms. The van der Waals surface area contributed by atoms with Crippen molar-refractivity contribution in [3.8, 4) is 11.5 Å². The highest BCUT2D eigenvalue weighted by atomic mass is 16.6. The van der Waals surface area contributed by atoms with Crippen molar-refractivity contribution < 1.29 is 19.1 Å². The molecule has 1 fully saturated rings. The van der Waals surface area contributed by atoms with Crippen LogP contribution in [0.15, 0.2) is 48.5 Å². The van der Waals surface area contributed by atoms with Crippen molar-refractivity contribution in [3.05, 3.63) is 59.7 Å². The molecule has 0 N–H and O–H groups in total. The summed E-state index contributed by atoms with van der Waals surface area (Å²) in [5.74, 6) is 1.96. The SMILES string of the molecule is CC(C)Cc1ccc(C(=O)C2CCN(C(=O)C3COc4ccccc4O3)CC2)cc1. The molecule has 2 aromatic rings. The zero-order valence-electron chi connectivity index (χ0n) is 17.7. The van der Waals surface area contributed by atoms with Crippen molar-refractivity contribution in [2.75, 3.05) is 19.7 Å². The van der Waals surface area contributed by atoms with E-state index in [9.17, 15) is 9.59 Å². The highest BCUT2D eigenvalue weighted by molar-refractivity contribution is 5.98. The standard InChI is InChI=1S/C25H29NO4/c1-17(2)15-18-7-9-19(10-8-18)24(27)20-11-13-26(14-12-20)25(28)23-16-29-21-5-3-4-6-22(21)30-23/h3-10,17,20,23H,11-16H2,1-2H3. The topological polar surface area (TPSA) is 55.8 Å². The molecule has 2 heterocycles. The summed E-state index contributed by atoms with van der Waals surface area (Å²) in [7, 11) is 0. The number of nitrogens with zero attached hydrogens (tertiary/aromatic N) is 1. The van der Waals surface area contributed by atoms with Gasteiger partial charge in [-0.05, 0) is 42.9 Å². The molecular formula is C25H29NO4. The lowest BCUT2D eigenvalue weighted by Gasteiger charge is -2.35. The summed E-state index contributed by atoms with van der Waals surface area (Å²) in [5.41, 5.74) is 2.03. The van der Waals surface area contributed by atoms with Crippen molar-refractivity contribution in [3.63, 3.8) is 0 Å². The summed E-state index contributed by atoms with van der Waals surface area (Å²) in [4.78, 5) is 27.6. The van der Waals surface area contributed by atoms with Gasteiger partial charge in [0, 0.05) is 24.6 Å². The number of ether oxygens (including phenoxy) is 2. The van der Waals surface area contributed by atoms with Crippen LogP contribution in [0.5, 0.6) is 11.5 Å². The molecule has 0 spiro atoms. The van der Waals surface area contributed by atoms with Crippen LogP contribution >= 0.6 is 0 Å². The molecule has 5 nitrogen and oxygen atoms in total. The van der Waals surface area contributed by atoms with Crippen LogP contribution in [0.4, 0.5) is 0 Å². The third-order valence-corrected chi connectivity index (χ3v) is 5.84. The number of benzene rings is 2. The Bertz CT molecular complexity index is 898. The van der Waals surface area contributed by atoms with Gasteiger partial charge in [-0.15, -0.1) is 0 Å². The zero-order chi connectivity index (χ0) is 21.1. The Hall–Kier alpha value is -2.82. The summed E-state index contributed by atoms with van der Waals surface area (Å²) in [6.45, 7) is 5.75. The van der Waals surface area contributed by atoms with Gasteiger partial charge in [0.2, 0.25) is 6.10 Å². The first kappa shape index (κ1) is 20.5. The molecule has 158 valence electrons. The van der Waals surface area contributed by atoms with Crippen LogP contribution in [0.3, 0.4) is 0 Å². The van der Waals surface area contributed by atoms with Gasteiger partial charge in [0.05, 0.1) is 0 Å². The number of ketones is 1. The lowest BCUT2D eigenvalue weighted by atomic mass is 9.88. The van der Waals surface area contributed by atoms with E-state index in [1.807, 2.05) is 36.4 Å². The molecule has 0 saturated carbocycles. The maximum absolute atomic E-state index is 12.9. The molecule has 1 amide bonds. The minimum Gasteiger partial charge on any atom is -0.485 e. The fraction of sp³-hybridized carbons (Fsp3) is 0.440. The van der Waals surface area contributed by atoms with Crippen molar-refractivity contribution in [2.24, 2.45) is 11.8 Å². The molecule has 2 aromatic carbocycles. The lowest BCUT2D eigenvalue weighted by Crippen LogP contribution is -2.49. The van der Waals surface area contributed by atoms with Gasteiger partial charge in [0.15, 0.2) is 17.3 Å². The Kier molecular flexibility index (Phi) is 6.07. The number of para-hydroxylation sites is 2. The van der Waals surface area contributed by atoms with Gasteiger partial charge in [0.25, 0.3) is 5.91 Å². The number of piperidine rings is 1. The van der Waals surface area contributed by atoms with Gasteiger partial charge >= 0.3 is 0 Å². The summed E-state index contributed by atoms with van der Waals surface area (Å²) >= 11 is 0. The van der Waals surface area contributed by atoms with Crippen molar-refractivity contribution in [1.29, 1.82) is 0 Å². The third kappa shape index (κ3) is 4.50. The second-order valence-corrected chi connectivity index (χ2v) is 8.62. The normalized spacial score (nSPS) is 19.0. The Morgan fingerprint density at radius 1 is 1.00 bits per heavy atom. The van der Waals surface area contributed by atoms with Crippen molar-refractivity contribution >= 4 is 11.7 Å². The fourth-order valence-electron chi connectivity index (χ4n) is 4.22.